The summed E-state index contributed by atoms with van der Waals surface area (Å²) in [6.07, 6.45) is 3.16. The molecular formula is C14H18N5O+. The second-order valence-corrected chi connectivity index (χ2v) is 4.57. The van der Waals surface area contributed by atoms with Crippen molar-refractivity contribution in [1.29, 1.82) is 0 Å². The zero-order valence-electron chi connectivity index (χ0n) is 11.8. The summed E-state index contributed by atoms with van der Waals surface area (Å²) < 4.78 is 1.99. The number of aromatic amines is 1. The highest BCUT2D eigenvalue weighted by Crippen LogP contribution is 2.14. The highest BCUT2D eigenvalue weighted by atomic mass is 16.2. The number of hydrogen-bond donors (Lipinski definition) is 3. The molecule has 0 aliphatic heterocycles. The van der Waals surface area contributed by atoms with Gasteiger partial charge in [0.1, 0.15) is 5.69 Å². The maximum Gasteiger partial charge on any atom is 0.291 e. The number of hydrogen-bond acceptors (Lipinski definition) is 2. The molecular weight excluding hydrogens is 254 g/mol. The van der Waals surface area contributed by atoms with Gasteiger partial charge in [-0.3, -0.25) is 9.37 Å². The van der Waals surface area contributed by atoms with Crippen molar-refractivity contribution in [2.75, 3.05) is 24.7 Å². The minimum absolute atomic E-state index is 0.258. The molecule has 0 aliphatic carbocycles. The second-order valence-electron chi connectivity index (χ2n) is 4.57. The van der Waals surface area contributed by atoms with Crippen molar-refractivity contribution < 1.29 is 9.37 Å². The number of H-pyrrole nitrogens is 1. The molecule has 1 aromatic carbocycles. The van der Waals surface area contributed by atoms with Crippen LogP contribution in [0.15, 0.2) is 36.7 Å². The van der Waals surface area contributed by atoms with E-state index in [-0.39, 0.29) is 5.91 Å². The lowest BCUT2D eigenvalue weighted by atomic mass is 10.2. The standard InChI is InChI=1S/C14H17N5O/c1-10(19(2)3)17-11-4-6-12(7-5-11)18-14(20)13-15-8-9-16-13/h4-9H,1-3H3,(H2,15,16,18,20)/p+1. The van der Waals surface area contributed by atoms with E-state index in [1.54, 1.807) is 12.4 Å². The molecule has 0 atom stereocenters. The van der Waals surface area contributed by atoms with E-state index in [1.807, 2.05) is 49.9 Å². The van der Waals surface area contributed by atoms with Gasteiger partial charge in [0.25, 0.3) is 5.91 Å². The van der Waals surface area contributed by atoms with Crippen molar-refractivity contribution in [3.05, 3.63) is 42.5 Å². The third-order valence-electron chi connectivity index (χ3n) is 2.85. The smallest absolute Gasteiger partial charge is 0.291 e. The van der Waals surface area contributed by atoms with Crippen LogP contribution in [0.4, 0.5) is 11.4 Å². The van der Waals surface area contributed by atoms with Gasteiger partial charge in [-0.25, -0.2) is 10.3 Å². The average Bonchev–Trinajstić information content (AvgIpc) is 2.95. The fourth-order valence-electron chi connectivity index (χ4n) is 1.54. The van der Waals surface area contributed by atoms with Crippen molar-refractivity contribution in [3.8, 4) is 0 Å². The van der Waals surface area contributed by atoms with Crippen LogP contribution in [0.25, 0.3) is 0 Å². The Morgan fingerprint density at radius 2 is 1.75 bits per heavy atom. The normalized spacial score (nSPS) is 9.95. The number of carbonyl (C=O) groups excluding carboxylic acids is 1. The Kier molecular flexibility index (Phi) is 4.14. The van der Waals surface area contributed by atoms with Crippen LogP contribution in [0.2, 0.25) is 0 Å². The van der Waals surface area contributed by atoms with Gasteiger partial charge in [0, 0.05) is 25.0 Å². The third kappa shape index (κ3) is 3.44. The van der Waals surface area contributed by atoms with E-state index in [0.29, 0.717) is 5.82 Å². The Hall–Kier alpha value is -2.63. The van der Waals surface area contributed by atoms with Crippen LogP contribution in [0, 0.1) is 0 Å². The first-order valence-corrected chi connectivity index (χ1v) is 6.25. The molecule has 2 rings (SSSR count). The topological polar surface area (TPSA) is 72.8 Å². The summed E-state index contributed by atoms with van der Waals surface area (Å²) in [5, 5.41) is 6.03. The van der Waals surface area contributed by atoms with E-state index < -0.39 is 0 Å². The van der Waals surface area contributed by atoms with Gasteiger partial charge < -0.3 is 10.3 Å². The molecule has 104 valence electrons. The molecule has 20 heavy (non-hydrogen) atoms. The van der Waals surface area contributed by atoms with Gasteiger partial charge in [0.2, 0.25) is 5.84 Å². The van der Waals surface area contributed by atoms with E-state index in [2.05, 4.69) is 20.6 Å². The number of nitrogens with one attached hydrogen (secondary N) is 3. The predicted molar refractivity (Wildman–Crippen MR) is 79.4 cm³/mol. The molecule has 3 N–H and O–H groups in total. The third-order valence-corrected chi connectivity index (χ3v) is 2.85. The van der Waals surface area contributed by atoms with Crippen molar-refractivity contribution in [1.82, 2.24) is 9.97 Å². The summed E-state index contributed by atoms with van der Waals surface area (Å²) in [6, 6.07) is 7.49. The summed E-state index contributed by atoms with van der Waals surface area (Å²) in [4.78, 5) is 18.5. The highest BCUT2D eigenvalue weighted by Gasteiger charge is 2.08. The van der Waals surface area contributed by atoms with Crippen molar-refractivity contribution in [2.45, 2.75) is 6.92 Å². The second kappa shape index (κ2) is 6.01. The van der Waals surface area contributed by atoms with Crippen LogP contribution in [-0.2, 0) is 0 Å². The lowest BCUT2D eigenvalue weighted by Crippen LogP contribution is -2.18. The molecule has 0 spiro atoms. The zero-order chi connectivity index (χ0) is 14.5. The number of nitrogens with zero attached hydrogens (tertiary/aromatic N) is 2. The number of amidine groups is 1. The van der Waals surface area contributed by atoms with Gasteiger partial charge >= 0.3 is 0 Å². The fourth-order valence-corrected chi connectivity index (χ4v) is 1.54. The van der Waals surface area contributed by atoms with E-state index in [9.17, 15) is 4.79 Å². The summed E-state index contributed by atoms with van der Waals surface area (Å²) in [7, 11) is 3.95. The number of amides is 1. The Morgan fingerprint density at radius 1 is 1.15 bits per heavy atom. The zero-order valence-corrected chi connectivity index (χ0v) is 11.8. The van der Waals surface area contributed by atoms with Crippen molar-refractivity contribution in [2.24, 2.45) is 0 Å². The quantitative estimate of drug-likeness (QED) is 0.453. The summed E-state index contributed by atoms with van der Waals surface area (Å²) in [6.45, 7) is 1.99. The molecule has 1 aromatic heterocycles. The Bertz CT molecular complexity index is 610. The lowest BCUT2D eigenvalue weighted by Gasteiger charge is -2.05. The van der Waals surface area contributed by atoms with Gasteiger partial charge in [-0.05, 0) is 24.3 Å². The molecule has 0 radical (unpaired) electrons. The number of imidazole rings is 1. The Labute approximate surface area is 117 Å². The minimum atomic E-state index is -0.258. The van der Waals surface area contributed by atoms with E-state index in [0.717, 1.165) is 17.2 Å². The number of rotatable bonds is 3. The van der Waals surface area contributed by atoms with Crippen molar-refractivity contribution >= 4 is 23.1 Å². The first-order valence-electron chi connectivity index (χ1n) is 6.25. The Balaban J connectivity index is 2.02. The van der Waals surface area contributed by atoms with E-state index in [4.69, 9.17) is 0 Å². The van der Waals surface area contributed by atoms with Crippen LogP contribution in [0.5, 0.6) is 0 Å². The largest absolute Gasteiger partial charge is 0.341 e. The number of benzene rings is 1. The Morgan fingerprint density at radius 3 is 2.25 bits per heavy atom. The molecule has 1 heterocycles. The van der Waals surface area contributed by atoms with Gasteiger partial charge in [-0.1, -0.05) is 0 Å². The molecule has 2 aromatic rings. The monoisotopic (exact) mass is 272 g/mol. The molecule has 0 saturated carbocycles. The van der Waals surface area contributed by atoms with Crippen LogP contribution < -0.4 is 10.6 Å². The molecule has 0 bridgehead atoms. The summed E-state index contributed by atoms with van der Waals surface area (Å²) >= 11 is 0. The number of aromatic nitrogens is 2. The maximum atomic E-state index is 11.8. The highest BCUT2D eigenvalue weighted by molar-refractivity contribution is 6.01. The van der Waals surface area contributed by atoms with Crippen LogP contribution in [0.3, 0.4) is 0 Å². The van der Waals surface area contributed by atoms with Gasteiger partial charge in [-0.15, -0.1) is 0 Å². The van der Waals surface area contributed by atoms with Crippen LogP contribution >= 0.6 is 0 Å². The van der Waals surface area contributed by atoms with E-state index >= 15 is 0 Å². The summed E-state index contributed by atoms with van der Waals surface area (Å²) in [5.41, 5.74) is 1.69. The predicted octanol–water partition coefficient (Wildman–Crippen LogP) is 1.76. The first-order chi connectivity index (χ1) is 9.56. The number of carbonyl (C=O) groups is 1. The molecule has 6 heteroatoms. The fraction of sp³-hybridized carbons (Fsp3) is 0.214. The lowest BCUT2D eigenvalue weighted by molar-refractivity contribution is -0.464. The van der Waals surface area contributed by atoms with Crippen LogP contribution in [0.1, 0.15) is 17.5 Å². The van der Waals surface area contributed by atoms with Gasteiger partial charge in [-0.2, -0.15) is 0 Å². The SMILES string of the molecule is CC(Nc1ccc(NC(=O)c2ncc[nH]2)cc1)=[N+](C)C. The molecule has 0 aliphatic rings. The maximum absolute atomic E-state index is 11.8. The molecule has 0 unspecified atom stereocenters. The van der Waals surface area contributed by atoms with Gasteiger partial charge in [0.15, 0.2) is 5.82 Å². The first kappa shape index (κ1) is 13.8. The van der Waals surface area contributed by atoms with Crippen LogP contribution in [-0.4, -0.2) is 40.4 Å². The minimum Gasteiger partial charge on any atom is -0.341 e. The number of anilines is 2. The molecule has 1 amide bonds. The molecule has 6 nitrogen and oxygen atoms in total. The molecule has 0 fully saturated rings. The van der Waals surface area contributed by atoms with Gasteiger partial charge in [0.05, 0.1) is 14.1 Å². The van der Waals surface area contributed by atoms with Crippen molar-refractivity contribution in [3.63, 3.8) is 0 Å². The molecule has 0 saturated heterocycles. The average molecular weight is 272 g/mol. The summed E-state index contributed by atoms with van der Waals surface area (Å²) in [5.74, 6) is 1.08. The van der Waals surface area contributed by atoms with E-state index in [1.165, 1.54) is 0 Å².